The molecule has 2 unspecified atom stereocenters. The molecule has 2 aliphatic rings. The van der Waals surface area contributed by atoms with E-state index in [1.807, 2.05) is 0 Å². The number of aliphatic carboxylic acids is 1. The maximum Gasteiger partial charge on any atom is 0.228 e. The zero-order chi connectivity index (χ0) is 17.8. The number of rotatable bonds is 3. The van der Waals surface area contributed by atoms with Gasteiger partial charge >= 0.3 is 0 Å². The van der Waals surface area contributed by atoms with E-state index in [0.717, 1.165) is 44.1 Å². The Morgan fingerprint density at radius 3 is 2.40 bits per heavy atom. The van der Waals surface area contributed by atoms with Crippen molar-refractivity contribution in [3.05, 3.63) is 16.0 Å². The van der Waals surface area contributed by atoms with Gasteiger partial charge in [0.2, 0.25) is 5.91 Å². The average Bonchev–Trinajstić information content (AvgIpc) is 2.90. The summed E-state index contributed by atoms with van der Waals surface area (Å²) in [6.07, 6.45) is 9.14. The molecule has 1 fully saturated rings. The van der Waals surface area contributed by atoms with E-state index in [9.17, 15) is 20.0 Å². The van der Waals surface area contributed by atoms with E-state index in [1.165, 1.54) is 29.1 Å². The van der Waals surface area contributed by atoms with Crippen molar-refractivity contribution in [2.75, 3.05) is 5.32 Å². The highest BCUT2D eigenvalue weighted by atomic mass is 32.1. The predicted molar refractivity (Wildman–Crippen MR) is 94.0 cm³/mol. The first-order valence-electron chi connectivity index (χ1n) is 9.18. The van der Waals surface area contributed by atoms with Crippen LogP contribution >= 0.6 is 11.3 Å². The first kappa shape index (κ1) is 17.9. The van der Waals surface area contributed by atoms with E-state index in [0.29, 0.717) is 23.4 Å². The van der Waals surface area contributed by atoms with Crippen LogP contribution in [-0.2, 0) is 22.4 Å². The molecule has 1 aromatic rings. The van der Waals surface area contributed by atoms with Gasteiger partial charge in [-0.05, 0) is 44.1 Å². The molecule has 3 rings (SSSR count). The summed E-state index contributed by atoms with van der Waals surface area (Å²) in [7, 11) is 0. The highest BCUT2D eigenvalue weighted by Crippen LogP contribution is 2.38. The van der Waals surface area contributed by atoms with Crippen molar-refractivity contribution < 1.29 is 14.7 Å². The van der Waals surface area contributed by atoms with Gasteiger partial charge in [-0.15, -0.1) is 11.3 Å². The molecule has 6 heteroatoms. The molecule has 134 valence electrons. The fourth-order valence-corrected chi connectivity index (χ4v) is 5.30. The predicted octanol–water partition coefficient (Wildman–Crippen LogP) is 2.77. The quantitative estimate of drug-likeness (QED) is 0.898. The average molecular weight is 359 g/mol. The normalized spacial score (nSPS) is 23.6. The third-order valence-electron chi connectivity index (χ3n) is 5.43. The molecule has 0 aromatic carbocycles. The first-order valence-corrected chi connectivity index (χ1v) is 10.00. The standard InChI is InChI=1S/C19H24N2O3S/c20-11-15-12-7-3-1-2-4-10-16(12)25-18(15)21-17(22)13-8-5-6-9-14(13)19(23)24/h13-14H,1-10H2,(H,21,22)(H,23,24)/p-1. The SMILES string of the molecule is N#Cc1c(NC(=O)C2CCCCC2C(=O)[O-])sc2c1CCCCCC2. The van der Waals surface area contributed by atoms with Crippen LogP contribution in [0, 0.1) is 23.2 Å². The highest BCUT2D eigenvalue weighted by Gasteiger charge is 2.32. The van der Waals surface area contributed by atoms with Crippen molar-refractivity contribution in [1.82, 2.24) is 0 Å². The molecule has 1 N–H and O–H groups in total. The minimum Gasteiger partial charge on any atom is -0.550 e. The third-order valence-corrected chi connectivity index (χ3v) is 6.63. The lowest BCUT2D eigenvalue weighted by Gasteiger charge is -2.31. The Morgan fingerprint density at radius 2 is 1.72 bits per heavy atom. The van der Waals surface area contributed by atoms with Gasteiger partial charge in [-0.3, -0.25) is 4.79 Å². The van der Waals surface area contributed by atoms with Gasteiger partial charge in [0.05, 0.1) is 5.56 Å². The molecule has 0 radical (unpaired) electrons. The Balaban J connectivity index is 1.82. The number of thiophene rings is 1. The van der Waals surface area contributed by atoms with Gasteiger partial charge in [0.15, 0.2) is 0 Å². The number of carboxylic acids is 1. The molecule has 1 aromatic heterocycles. The fraction of sp³-hybridized carbons (Fsp3) is 0.632. The number of hydrogen-bond acceptors (Lipinski definition) is 5. The van der Waals surface area contributed by atoms with E-state index in [4.69, 9.17) is 0 Å². The first-order chi connectivity index (χ1) is 12.1. The lowest BCUT2D eigenvalue weighted by atomic mass is 9.79. The van der Waals surface area contributed by atoms with Crippen molar-refractivity contribution >= 4 is 28.2 Å². The molecule has 25 heavy (non-hydrogen) atoms. The van der Waals surface area contributed by atoms with E-state index >= 15 is 0 Å². The molecular formula is C19H23N2O3S-. The van der Waals surface area contributed by atoms with Crippen LogP contribution in [0.3, 0.4) is 0 Å². The van der Waals surface area contributed by atoms with Gasteiger partial charge in [0.25, 0.3) is 0 Å². The Labute approximate surface area is 152 Å². The number of carbonyl (C=O) groups is 2. The van der Waals surface area contributed by atoms with E-state index in [-0.39, 0.29) is 5.91 Å². The van der Waals surface area contributed by atoms with E-state index in [1.54, 1.807) is 0 Å². The van der Waals surface area contributed by atoms with Gasteiger partial charge < -0.3 is 15.2 Å². The van der Waals surface area contributed by atoms with Crippen LogP contribution in [-0.4, -0.2) is 11.9 Å². The molecule has 1 heterocycles. The second-order valence-corrected chi connectivity index (χ2v) is 8.14. The maximum absolute atomic E-state index is 12.7. The molecule has 1 saturated carbocycles. The summed E-state index contributed by atoms with van der Waals surface area (Å²) in [6.45, 7) is 0. The lowest BCUT2D eigenvalue weighted by Crippen LogP contribution is -2.42. The van der Waals surface area contributed by atoms with Crippen LogP contribution in [0.1, 0.15) is 67.4 Å². The maximum atomic E-state index is 12.7. The van der Waals surface area contributed by atoms with Gasteiger partial charge in [0, 0.05) is 22.7 Å². The summed E-state index contributed by atoms with van der Waals surface area (Å²) < 4.78 is 0. The summed E-state index contributed by atoms with van der Waals surface area (Å²) in [5.74, 6) is -2.70. The van der Waals surface area contributed by atoms with Crippen molar-refractivity contribution in [3.63, 3.8) is 0 Å². The van der Waals surface area contributed by atoms with E-state index < -0.39 is 17.8 Å². The second kappa shape index (κ2) is 8.01. The highest BCUT2D eigenvalue weighted by molar-refractivity contribution is 7.16. The second-order valence-electron chi connectivity index (χ2n) is 7.04. The fourth-order valence-electron chi connectivity index (χ4n) is 4.06. The number of hydrogen-bond donors (Lipinski definition) is 1. The number of carbonyl (C=O) groups excluding carboxylic acids is 2. The van der Waals surface area contributed by atoms with E-state index in [2.05, 4.69) is 11.4 Å². The molecule has 2 aliphatic carbocycles. The third kappa shape index (κ3) is 3.87. The Bertz CT molecular complexity index is 704. The summed E-state index contributed by atoms with van der Waals surface area (Å²) in [5, 5.41) is 24.4. The minimum absolute atomic E-state index is 0.278. The molecule has 0 saturated heterocycles. The van der Waals surface area contributed by atoms with Crippen molar-refractivity contribution in [2.45, 2.75) is 64.2 Å². The van der Waals surface area contributed by atoms with Crippen LogP contribution in [0.15, 0.2) is 0 Å². The number of amides is 1. The molecule has 5 nitrogen and oxygen atoms in total. The Kier molecular flexibility index (Phi) is 5.74. The molecule has 0 spiro atoms. The van der Waals surface area contributed by atoms with Crippen LogP contribution in [0.5, 0.6) is 0 Å². The topological polar surface area (TPSA) is 93.0 Å². The molecule has 0 bridgehead atoms. The van der Waals surface area contributed by atoms with Crippen molar-refractivity contribution in [3.8, 4) is 6.07 Å². The summed E-state index contributed by atoms with van der Waals surface area (Å²) in [5.41, 5.74) is 1.67. The number of nitrogens with one attached hydrogen (secondary N) is 1. The summed E-state index contributed by atoms with van der Waals surface area (Å²) in [6, 6.07) is 2.26. The summed E-state index contributed by atoms with van der Waals surface area (Å²) in [4.78, 5) is 25.2. The minimum atomic E-state index is -1.14. The Morgan fingerprint density at radius 1 is 1.04 bits per heavy atom. The molecular weight excluding hydrogens is 336 g/mol. The zero-order valence-electron chi connectivity index (χ0n) is 14.3. The number of nitrogens with zero attached hydrogens (tertiary/aromatic N) is 1. The molecule has 1 amide bonds. The van der Waals surface area contributed by atoms with Crippen molar-refractivity contribution in [1.29, 1.82) is 5.26 Å². The van der Waals surface area contributed by atoms with Gasteiger partial charge in [0.1, 0.15) is 11.1 Å². The number of carboxylic acid groups (broad SMARTS) is 1. The number of anilines is 1. The lowest BCUT2D eigenvalue weighted by molar-refractivity contribution is -0.313. The molecule has 0 aliphatic heterocycles. The van der Waals surface area contributed by atoms with Crippen LogP contribution in [0.25, 0.3) is 0 Å². The van der Waals surface area contributed by atoms with Crippen LogP contribution in [0.4, 0.5) is 5.00 Å². The van der Waals surface area contributed by atoms with Gasteiger partial charge in [-0.2, -0.15) is 5.26 Å². The van der Waals surface area contributed by atoms with Crippen molar-refractivity contribution in [2.24, 2.45) is 11.8 Å². The smallest absolute Gasteiger partial charge is 0.228 e. The number of fused-ring (bicyclic) bond motifs is 1. The van der Waals surface area contributed by atoms with Crippen LogP contribution < -0.4 is 10.4 Å². The zero-order valence-corrected chi connectivity index (χ0v) is 15.1. The van der Waals surface area contributed by atoms with Gasteiger partial charge in [-0.25, -0.2) is 0 Å². The number of nitriles is 1. The monoisotopic (exact) mass is 359 g/mol. The molecule has 2 atom stereocenters. The Hall–Kier alpha value is -1.87. The van der Waals surface area contributed by atoms with Gasteiger partial charge in [-0.1, -0.05) is 25.7 Å². The van der Waals surface area contributed by atoms with Crippen LogP contribution in [0.2, 0.25) is 0 Å². The largest absolute Gasteiger partial charge is 0.550 e. The summed E-state index contributed by atoms with van der Waals surface area (Å²) >= 11 is 1.49. The number of aryl methyl sites for hydroxylation is 1.